The van der Waals surface area contributed by atoms with Crippen LogP contribution >= 0.6 is 0 Å². The topological polar surface area (TPSA) is 61.6 Å². The molecule has 1 fully saturated rings. The van der Waals surface area contributed by atoms with Gasteiger partial charge < -0.3 is 19.5 Å². The van der Waals surface area contributed by atoms with Crippen LogP contribution in [0, 0.1) is 0 Å². The first-order chi connectivity index (χ1) is 11.8. The third-order valence-corrected chi connectivity index (χ3v) is 4.27. The summed E-state index contributed by atoms with van der Waals surface area (Å²) in [6, 6.07) is 7.43. The molecular formula is C18H24N4O2. The van der Waals surface area contributed by atoms with E-state index in [0.717, 1.165) is 24.7 Å². The standard InChI is InChI=1S/C18H24N4O2/c1-2-21(14-16-7-6-12-24-16)18(23)20-15-8-9-17(19-13-15)22-10-4-3-5-11-22/h6-9,12-13H,2-5,10-11,14H2,1H3,(H,20,23). The van der Waals surface area contributed by atoms with Crippen molar-refractivity contribution in [1.29, 1.82) is 0 Å². The van der Waals surface area contributed by atoms with Gasteiger partial charge in [-0.2, -0.15) is 0 Å². The van der Waals surface area contributed by atoms with Crippen molar-refractivity contribution in [3.05, 3.63) is 42.5 Å². The van der Waals surface area contributed by atoms with Crippen LogP contribution in [0.1, 0.15) is 31.9 Å². The number of hydrogen-bond acceptors (Lipinski definition) is 4. The Hall–Kier alpha value is -2.50. The van der Waals surface area contributed by atoms with Gasteiger partial charge in [-0.25, -0.2) is 9.78 Å². The molecule has 128 valence electrons. The molecule has 0 spiro atoms. The van der Waals surface area contributed by atoms with E-state index in [0.29, 0.717) is 18.8 Å². The first-order valence-corrected chi connectivity index (χ1v) is 8.55. The third-order valence-electron chi connectivity index (χ3n) is 4.27. The van der Waals surface area contributed by atoms with E-state index in [9.17, 15) is 4.79 Å². The summed E-state index contributed by atoms with van der Waals surface area (Å²) in [6.45, 7) is 5.12. The number of carbonyl (C=O) groups excluding carboxylic acids is 1. The zero-order valence-corrected chi connectivity index (χ0v) is 14.1. The Labute approximate surface area is 142 Å². The van der Waals surface area contributed by atoms with E-state index in [-0.39, 0.29) is 6.03 Å². The van der Waals surface area contributed by atoms with Gasteiger partial charge in [0.1, 0.15) is 11.6 Å². The number of piperidine rings is 1. The highest BCUT2D eigenvalue weighted by Crippen LogP contribution is 2.19. The van der Waals surface area contributed by atoms with E-state index >= 15 is 0 Å². The Morgan fingerprint density at radius 2 is 2.12 bits per heavy atom. The minimum Gasteiger partial charge on any atom is -0.467 e. The van der Waals surface area contributed by atoms with Crippen LogP contribution in [0.4, 0.5) is 16.3 Å². The number of rotatable bonds is 5. The van der Waals surface area contributed by atoms with Gasteiger partial charge in [0.15, 0.2) is 0 Å². The molecule has 6 nitrogen and oxygen atoms in total. The van der Waals surface area contributed by atoms with E-state index in [2.05, 4.69) is 15.2 Å². The second-order valence-electron chi connectivity index (χ2n) is 5.98. The number of nitrogens with one attached hydrogen (secondary N) is 1. The van der Waals surface area contributed by atoms with Crippen LogP contribution in [-0.2, 0) is 6.54 Å². The molecule has 0 radical (unpaired) electrons. The maximum absolute atomic E-state index is 12.4. The van der Waals surface area contributed by atoms with Crippen LogP contribution in [0.5, 0.6) is 0 Å². The predicted octanol–water partition coefficient (Wildman–Crippen LogP) is 3.72. The highest BCUT2D eigenvalue weighted by atomic mass is 16.3. The van der Waals surface area contributed by atoms with Crippen LogP contribution in [0.15, 0.2) is 41.1 Å². The minimum atomic E-state index is -0.151. The smallest absolute Gasteiger partial charge is 0.322 e. The van der Waals surface area contributed by atoms with Crippen LogP contribution in [0.25, 0.3) is 0 Å². The lowest BCUT2D eigenvalue weighted by atomic mass is 10.1. The maximum atomic E-state index is 12.4. The monoisotopic (exact) mass is 328 g/mol. The van der Waals surface area contributed by atoms with Crippen molar-refractivity contribution in [2.45, 2.75) is 32.7 Å². The summed E-state index contributed by atoms with van der Waals surface area (Å²) < 4.78 is 5.31. The average Bonchev–Trinajstić information content (AvgIpc) is 3.14. The molecule has 1 aliphatic heterocycles. The van der Waals surface area contributed by atoms with Gasteiger partial charge in [-0.05, 0) is 50.5 Å². The number of carbonyl (C=O) groups is 1. The molecule has 2 aromatic heterocycles. The Bertz CT molecular complexity index is 634. The molecule has 0 saturated carbocycles. The van der Waals surface area contributed by atoms with E-state index in [1.165, 1.54) is 19.3 Å². The number of hydrogen-bond donors (Lipinski definition) is 1. The molecule has 0 bridgehead atoms. The highest BCUT2D eigenvalue weighted by molar-refractivity contribution is 5.89. The molecule has 0 aliphatic carbocycles. The van der Waals surface area contributed by atoms with Gasteiger partial charge in [0.05, 0.1) is 24.7 Å². The largest absolute Gasteiger partial charge is 0.467 e. The summed E-state index contributed by atoms with van der Waals surface area (Å²) in [5.74, 6) is 1.75. The summed E-state index contributed by atoms with van der Waals surface area (Å²) in [4.78, 5) is 20.9. The number of pyridine rings is 1. The van der Waals surface area contributed by atoms with Crippen molar-refractivity contribution in [2.24, 2.45) is 0 Å². The van der Waals surface area contributed by atoms with Crippen molar-refractivity contribution >= 4 is 17.5 Å². The summed E-state index contributed by atoms with van der Waals surface area (Å²) in [5.41, 5.74) is 0.707. The molecule has 1 aliphatic rings. The molecule has 24 heavy (non-hydrogen) atoms. The van der Waals surface area contributed by atoms with Gasteiger partial charge in [0.25, 0.3) is 0 Å². The summed E-state index contributed by atoms with van der Waals surface area (Å²) in [6.07, 6.45) is 7.08. The second-order valence-corrected chi connectivity index (χ2v) is 5.98. The Balaban J connectivity index is 1.58. The fourth-order valence-corrected chi connectivity index (χ4v) is 2.89. The Morgan fingerprint density at radius 3 is 2.75 bits per heavy atom. The lowest BCUT2D eigenvalue weighted by Gasteiger charge is -2.27. The Kier molecular flexibility index (Phi) is 5.36. The van der Waals surface area contributed by atoms with Crippen molar-refractivity contribution in [3.63, 3.8) is 0 Å². The Morgan fingerprint density at radius 1 is 1.29 bits per heavy atom. The summed E-state index contributed by atoms with van der Waals surface area (Å²) in [5, 5.41) is 2.90. The third kappa shape index (κ3) is 4.07. The number of anilines is 2. The van der Waals surface area contributed by atoms with Crippen LogP contribution in [0.3, 0.4) is 0 Å². The molecule has 6 heteroatoms. The van der Waals surface area contributed by atoms with Gasteiger partial charge in [-0.3, -0.25) is 0 Å². The molecule has 2 amide bonds. The van der Waals surface area contributed by atoms with Crippen molar-refractivity contribution in [2.75, 3.05) is 29.9 Å². The first-order valence-electron chi connectivity index (χ1n) is 8.55. The summed E-state index contributed by atoms with van der Waals surface area (Å²) in [7, 11) is 0. The predicted molar refractivity (Wildman–Crippen MR) is 94.1 cm³/mol. The molecule has 1 N–H and O–H groups in total. The van der Waals surface area contributed by atoms with Gasteiger partial charge in [-0.1, -0.05) is 0 Å². The first kappa shape index (κ1) is 16.4. The zero-order valence-electron chi connectivity index (χ0n) is 14.1. The molecular weight excluding hydrogens is 304 g/mol. The number of nitrogens with zero attached hydrogens (tertiary/aromatic N) is 3. The molecule has 3 rings (SSSR count). The number of urea groups is 1. The fourth-order valence-electron chi connectivity index (χ4n) is 2.89. The molecule has 0 aromatic carbocycles. The SMILES string of the molecule is CCN(Cc1ccco1)C(=O)Nc1ccc(N2CCCCC2)nc1. The van der Waals surface area contributed by atoms with Crippen molar-refractivity contribution in [3.8, 4) is 0 Å². The molecule has 3 heterocycles. The van der Waals surface area contributed by atoms with Gasteiger partial charge in [-0.15, -0.1) is 0 Å². The number of furan rings is 1. The summed E-state index contributed by atoms with van der Waals surface area (Å²) >= 11 is 0. The van der Waals surface area contributed by atoms with Gasteiger partial charge >= 0.3 is 6.03 Å². The van der Waals surface area contributed by atoms with E-state index in [4.69, 9.17) is 4.42 Å². The molecule has 1 saturated heterocycles. The lowest BCUT2D eigenvalue weighted by Crippen LogP contribution is -2.34. The van der Waals surface area contributed by atoms with E-state index < -0.39 is 0 Å². The molecule has 2 aromatic rings. The fraction of sp³-hybridized carbons (Fsp3) is 0.444. The van der Waals surface area contributed by atoms with Gasteiger partial charge in [0.2, 0.25) is 0 Å². The van der Waals surface area contributed by atoms with Crippen molar-refractivity contribution in [1.82, 2.24) is 9.88 Å². The number of aromatic nitrogens is 1. The number of amides is 2. The van der Waals surface area contributed by atoms with Crippen molar-refractivity contribution < 1.29 is 9.21 Å². The molecule has 0 atom stereocenters. The normalized spacial score (nSPS) is 14.5. The van der Waals surface area contributed by atoms with E-state index in [1.54, 1.807) is 17.4 Å². The maximum Gasteiger partial charge on any atom is 0.322 e. The minimum absolute atomic E-state index is 0.151. The highest BCUT2D eigenvalue weighted by Gasteiger charge is 2.15. The van der Waals surface area contributed by atoms with E-state index in [1.807, 2.05) is 31.2 Å². The average molecular weight is 328 g/mol. The zero-order chi connectivity index (χ0) is 16.8. The van der Waals surface area contributed by atoms with Crippen LogP contribution in [-0.4, -0.2) is 35.5 Å². The quantitative estimate of drug-likeness (QED) is 0.908. The molecule has 0 unspecified atom stereocenters. The van der Waals surface area contributed by atoms with Crippen LogP contribution < -0.4 is 10.2 Å². The second kappa shape index (κ2) is 7.86. The van der Waals surface area contributed by atoms with Crippen LogP contribution in [0.2, 0.25) is 0 Å². The lowest BCUT2D eigenvalue weighted by molar-refractivity contribution is 0.207. The van der Waals surface area contributed by atoms with Gasteiger partial charge in [0, 0.05) is 19.6 Å².